The van der Waals surface area contributed by atoms with Crippen molar-refractivity contribution in [2.75, 3.05) is 18.0 Å². The van der Waals surface area contributed by atoms with E-state index in [0.29, 0.717) is 11.8 Å². The summed E-state index contributed by atoms with van der Waals surface area (Å²) < 4.78 is 0. The van der Waals surface area contributed by atoms with E-state index in [9.17, 15) is 0 Å². The van der Waals surface area contributed by atoms with Gasteiger partial charge < -0.3 is 4.90 Å². The summed E-state index contributed by atoms with van der Waals surface area (Å²) in [4.78, 5) is 2.41. The fraction of sp³-hybridized carbons (Fsp3) is 0.273. The highest BCUT2D eigenvalue weighted by Gasteiger charge is 2.20. The molecule has 2 unspecified atom stereocenters. The van der Waals surface area contributed by atoms with Crippen molar-refractivity contribution in [2.24, 2.45) is 0 Å². The van der Waals surface area contributed by atoms with Crippen LogP contribution in [0.25, 0.3) is 0 Å². The first-order chi connectivity index (χ1) is 16.7. The molecule has 0 heterocycles. The van der Waals surface area contributed by atoms with E-state index >= 15 is 0 Å². The Balaban J connectivity index is 1.63. The van der Waals surface area contributed by atoms with Crippen LogP contribution in [-0.2, 0) is 0 Å². The molecule has 174 valence electrons. The maximum atomic E-state index is 2.41. The lowest BCUT2D eigenvalue weighted by Crippen LogP contribution is -2.21. The molecular weight excluding hydrogens is 410 g/mol. The molecule has 2 atom stereocenters. The molecule has 0 N–H and O–H groups in total. The lowest BCUT2D eigenvalue weighted by molar-refractivity contribution is 0.612. The van der Waals surface area contributed by atoms with E-state index in [1.807, 2.05) is 0 Å². The Kier molecular flexibility index (Phi) is 8.20. The molecule has 0 saturated carbocycles. The van der Waals surface area contributed by atoms with Crippen LogP contribution in [-0.4, -0.2) is 13.1 Å². The molecule has 1 heteroatoms. The monoisotopic (exact) mass is 447 g/mol. The molecule has 34 heavy (non-hydrogen) atoms. The van der Waals surface area contributed by atoms with Crippen molar-refractivity contribution in [1.82, 2.24) is 0 Å². The predicted molar refractivity (Wildman–Crippen MR) is 147 cm³/mol. The van der Waals surface area contributed by atoms with Gasteiger partial charge in [0.2, 0.25) is 0 Å². The van der Waals surface area contributed by atoms with Gasteiger partial charge in [-0.25, -0.2) is 0 Å². The van der Waals surface area contributed by atoms with Crippen molar-refractivity contribution >= 4 is 5.69 Å². The van der Waals surface area contributed by atoms with Gasteiger partial charge in [-0.05, 0) is 68.0 Å². The van der Waals surface area contributed by atoms with Crippen molar-refractivity contribution in [2.45, 2.75) is 45.4 Å². The second-order valence-corrected chi connectivity index (χ2v) is 9.18. The third kappa shape index (κ3) is 5.78. The lowest BCUT2D eigenvalue weighted by Gasteiger charge is -2.25. The van der Waals surface area contributed by atoms with E-state index in [-0.39, 0.29) is 0 Å². The van der Waals surface area contributed by atoms with Gasteiger partial charge >= 0.3 is 0 Å². The van der Waals surface area contributed by atoms with Crippen LogP contribution in [0.1, 0.15) is 66.3 Å². The SMILES string of the molecule is CCN(CC)c1ccc(C(CCC(c2ccccc2)c2ccc(C)cc2)c2ccccc2)cc1. The predicted octanol–water partition coefficient (Wildman–Crippen LogP) is 8.59. The standard InChI is InChI=1S/C33H37N/c1-4-34(5-2)31-22-20-30(21-23-31)33(28-14-10-7-11-15-28)25-24-32(27-12-8-6-9-13-27)29-18-16-26(3)17-19-29/h6-23,32-33H,4-5,24-25H2,1-3H3. The molecule has 0 aliphatic heterocycles. The zero-order valence-electron chi connectivity index (χ0n) is 20.8. The number of rotatable bonds is 10. The van der Waals surface area contributed by atoms with Gasteiger partial charge in [-0.3, -0.25) is 0 Å². The summed E-state index contributed by atoms with van der Waals surface area (Å²) in [7, 11) is 0. The smallest absolute Gasteiger partial charge is 0.0366 e. The van der Waals surface area contributed by atoms with E-state index < -0.39 is 0 Å². The van der Waals surface area contributed by atoms with E-state index in [0.717, 1.165) is 25.9 Å². The number of anilines is 1. The highest BCUT2D eigenvalue weighted by molar-refractivity contribution is 5.49. The summed E-state index contributed by atoms with van der Waals surface area (Å²) in [5, 5.41) is 0. The minimum Gasteiger partial charge on any atom is -0.372 e. The Bertz CT molecular complexity index is 1110. The fourth-order valence-electron chi connectivity index (χ4n) is 5.06. The Labute approximate surface area is 206 Å². The molecule has 0 spiro atoms. The molecule has 0 saturated heterocycles. The van der Waals surface area contributed by atoms with E-state index in [2.05, 4.69) is 135 Å². The topological polar surface area (TPSA) is 3.24 Å². The Morgan fingerprint density at radius 3 is 1.29 bits per heavy atom. The third-order valence-electron chi connectivity index (χ3n) is 7.05. The van der Waals surface area contributed by atoms with Crippen LogP contribution in [0.5, 0.6) is 0 Å². The zero-order valence-corrected chi connectivity index (χ0v) is 20.8. The molecule has 4 aromatic rings. The molecule has 0 aromatic heterocycles. The third-order valence-corrected chi connectivity index (χ3v) is 7.05. The largest absolute Gasteiger partial charge is 0.372 e. The molecule has 4 rings (SSSR count). The highest BCUT2D eigenvalue weighted by atomic mass is 15.1. The molecule has 0 fully saturated rings. The second-order valence-electron chi connectivity index (χ2n) is 9.18. The van der Waals surface area contributed by atoms with E-state index in [1.165, 1.54) is 33.5 Å². The van der Waals surface area contributed by atoms with Crippen molar-refractivity contribution < 1.29 is 0 Å². The van der Waals surface area contributed by atoms with Crippen LogP contribution in [0.15, 0.2) is 109 Å². The molecule has 0 radical (unpaired) electrons. The van der Waals surface area contributed by atoms with Gasteiger partial charge in [0.25, 0.3) is 0 Å². The summed E-state index contributed by atoms with van der Waals surface area (Å²) in [6, 6.07) is 40.4. The van der Waals surface area contributed by atoms with Crippen molar-refractivity contribution in [3.05, 3.63) is 137 Å². The maximum Gasteiger partial charge on any atom is 0.0366 e. The molecule has 0 aliphatic rings. The summed E-state index contributed by atoms with van der Waals surface area (Å²) >= 11 is 0. The van der Waals surface area contributed by atoms with Gasteiger partial charge in [-0.15, -0.1) is 0 Å². The van der Waals surface area contributed by atoms with Crippen LogP contribution < -0.4 is 4.90 Å². The van der Waals surface area contributed by atoms with E-state index in [4.69, 9.17) is 0 Å². The first-order valence-corrected chi connectivity index (χ1v) is 12.7. The van der Waals surface area contributed by atoms with E-state index in [1.54, 1.807) is 0 Å². The van der Waals surface area contributed by atoms with Crippen LogP contribution >= 0.6 is 0 Å². The number of nitrogens with zero attached hydrogens (tertiary/aromatic N) is 1. The average Bonchev–Trinajstić information content (AvgIpc) is 2.90. The van der Waals surface area contributed by atoms with Crippen molar-refractivity contribution in [3.63, 3.8) is 0 Å². The molecule has 1 nitrogen and oxygen atoms in total. The first-order valence-electron chi connectivity index (χ1n) is 12.7. The molecule has 0 bridgehead atoms. The Morgan fingerprint density at radius 2 is 0.882 bits per heavy atom. The maximum absolute atomic E-state index is 2.41. The number of benzene rings is 4. The van der Waals surface area contributed by atoms with Gasteiger partial charge in [0.1, 0.15) is 0 Å². The molecule has 0 amide bonds. The fourth-order valence-corrected chi connectivity index (χ4v) is 5.06. The summed E-state index contributed by atoms with van der Waals surface area (Å²) in [5.74, 6) is 0.770. The molecular formula is C33H37N. The number of hydrogen-bond donors (Lipinski definition) is 0. The normalized spacial score (nSPS) is 12.8. The van der Waals surface area contributed by atoms with Crippen LogP contribution in [0, 0.1) is 6.92 Å². The van der Waals surface area contributed by atoms with Crippen molar-refractivity contribution in [1.29, 1.82) is 0 Å². The van der Waals surface area contributed by atoms with Crippen LogP contribution in [0.2, 0.25) is 0 Å². The lowest BCUT2D eigenvalue weighted by atomic mass is 9.81. The van der Waals surface area contributed by atoms with Gasteiger partial charge in [0.15, 0.2) is 0 Å². The average molecular weight is 448 g/mol. The number of aryl methyl sites for hydroxylation is 1. The zero-order chi connectivity index (χ0) is 23.8. The minimum atomic E-state index is 0.378. The van der Waals surface area contributed by atoms with Gasteiger partial charge in [-0.2, -0.15) is 0 Å². The van der Waals surface area contributed by atoms with Crippen molar-refractivity contribution in [3.8, 4) is 0 Å². The summed E-state index contributed by atoms with van der Waals surface area (Å²) in [6.45, 7) is 8.67. The highest BCUT2D eigenvalue weighted by Crippen LogP contribution is 2.36. The summed E-state index contributed by atoms with van der Waals surface area (Å²) in [6.07, 6.45) is 2.20. The Morgan fingerprint density at radius 1 is 0.500 bits per heavy atom. The summed E-state index contributed by atoms with van der Waals surface area (Å²) in [5.41, 5.74) is 8.22. The molecule has 0 aliphatic carbocycles. The van der Waals surface area contributed by atoms with Gasteiger partial charge in [0.05, 0.1) is 0 Å². The molecule has 4 aromatic carbocycles. The quantitative estimate of drug-likeness (QED) is 0.235. The van der Waals surface area contributed by atoms with Crippen LogP contribution in [0.4, 0.5) is 5.69 Å². The minimum absolute atomic E-state index is 0.378. The van der Waals surface area contributed by atoms with Gasteiger partial charge in [-0.1, -0.05) is 103 Å². The number of hydrogen-bond acceptors (Lipinski definition) is 1. The second kappa shape index (κ2) is 11.7. The van der Waals surface area contributed by atoms with Gasteiger partial charge in [0, 0.05) is 30.6 Å². The first kappa shape index (κ1) is 23.8. The van der Waals surface area contributed by atoms with Crippen LogP contribution in [0.3, 0.4) is 0 Å². The Hall–Kier alpha value is -3.32.